The first-order valence-corrected chi connectivity index (χ1v) is 6.14. The van der Waals surface area contributed by atoms with Gasteiger partial charge >= 0.3 is 5.97 Å². The summed E-state index contributed by atoms with van der Waals surface area (Å²) in [5.74, 6) is -1.01. The molecular formula is C14H14N4O3. The molecule has 2 aromatic heterocycles. The summed E-state index contributed by atoms with van der Waals surface area (Å²) in [5, 5.41) is 15.3. The lowest BCUT2D eigenvalue weighted by molar-refractivity contribution is -0.131. The summed E-state index contributed by atoms with van der Waals surface area (Å²) in [7, 11) is 1.74. The predicted molar refractivity (Wildman–Crippen MR) is 76.8 cm³/mol. The second kappa shape index (κ2) is 6.00. The van der Waals surface area contributed by atoms with Crippen LogP contribution < -0.4 is 5.32 Å². The highest BCUT2D eigenvalue weighted by Gasteiger charge is 2.13. The lowest BCUT2D eigenvalue weighted by Gasteiger charge is -2.04. The number of aryl methyl sites for hydroxylation is 2. The van der Waals surface area contributed by atoms with Gasteiger partial charge in [-0.2, -0.15) is 5.10 Å². The first-order chi connectivity index (χ1) is 9.95. The van der Waals surface area contributed by atoms with E-state index < -0.39 is 5.97 Å². The van der Waals surface area contributed by atoms with E-state index in [2.05, 4.69) is 15.4 Å². The van der Waals surface area contributed by atoms with Crippen LogP contribution in [0.5, 0.6) is 0 Å². The van der Waals surface area contributed by atoms with Gasteiger partial charge in [0.25, 0.3) is 5.91 Å². The van der Waals surface area contributed by atoms with Gasteiger partial charge in [0.1, 0.15) is 5.82 Å². The number of hydrogen-bond acceptors (Lipinski definition) is 4. The number of rotatable bonds is 4. The Labute approximate surface area is 120 Å². The van der Waals surface area contributed by atoms with E-state index in [1.165, 1.54) is 12.3 Å². The molecule has 2 N–H and O–H groups in total. The monoisotopic (exact) mass is 286 g/mol. The minimum Gasteiger partial charge on any atom is -0.478 e. The van der Waals surface area contributed by atoms with E-state index in [1.54, 1.807) is 37.0 Å². The van der Waals surface area contributed by atoms with Crippen molar-refractivity contribution < 1.29 is 14.7 Å². The summed E-state index contributed by atoms with van der Waals surface area (Å²) in [6.07, 6.45) is 5.56. The first-order valence-electron chi connectivity index (χ1n) is 6.14. The van der Waals surface area contributed by atoms with Crippen LogP contribution in [0.25, 0.3) is 6.08 Å². The van der Waals surface area contributed by atoms with Crippen LogP contribution >= 0.6 is 0 Å². The van der Waals surface area contributed by atoms with Crippen molar-refractivity contribution in [3.05, 3.63) is 47.4 Å². The number of nitrogens with one attached hydrogen (secondary N) is 1. The summed E-state index contributed by atoms with van der Waals surface area (Å²) in [6.45, 7) is 1.74. The molecule has 0 aromatic carbocycles. The lowest BCUT2D eigenvalue weighted by atomic mass is 10.2. The third-order valence-electron chi connectivity index (χ3n) is 2.70. The van der Waals surface area contributed by atoms with Crippen molar-refractivity contribution in [2.45, 2.75) is 6.92 Å². The Bertz CT molecular complexity index is 719. The number of carboxylic acid groups (broad SMARTS) is 1. The molecule has 0 spiro atoms. The fourth-order valence-corrected chi connectivity index (χ4v) is 1.79. The first kappa shape index (κ1) is 14.4. The van der Waals surface area contributed by atoms with Gasteiger partial charge < -0.3 is 10.4 Å². The number of carboxylic acids is 1. The minimum absolute atomic E-state index is 0.313. The normalized spacial score (nSPS) is 10.8. The standard InChI is InChI=1S/C14H14N4O3/c1-9-11(8-18(2)17-9)14(21)16-12-7-10(5-6-15-12)3-4-13(19)20/h3-8H,1-2H3,(H,19,20)(H,15,16,21)/b4-3+. The van der Waals surface area contributed by atoms with Gasteiger partial charge in [-0.25, -0.2) is 9.78 Å². The topological polar surface area (TPSA) is 97.1 Å². The Balaban J connectivity index is 2.16. The van der Waals surface area contributed by atoms with Crippen molar-refractivity contribution >= 4 is 23.8 Å². The summed E-state index contributed by atoms with van der Waals surface area (Å²) in [5.41, 5.74) is 1.72. The minimum atomic E-state index is -1.04. The van der Waals surface area contributed by atoms with Crippen LogP contribution in [-0.2, 0) is 11.8 Å². The van der Waals surface area contributed by atoms with E-state index in [9.17, 15) is 9.59 Å². The van der Waals surface area contributed by atoms with E-state index in [0.29, 0.717) is 22.6 Å². The van der Waals surface area contributed by atoms with Crippen LogP contribution in [0.2, 0.25) is 0 Å². The molecule has 0 saturated heterocycles. The Kier molecular flexibility index (Phi) is 4.13. The summed E-state index contributed by atoms with van der Waals surface area (Å²) in [6, 6.07) is 3.23. The molecule has 21 heavy (non-hydrogen) atoms. The SMILES string of the molecule is Cc1nn(C)cc1C(=O)Nc1cc(/C=C/C(=O)O)ccn1. The van der Waals surface area contributed by atoms with Crippen molar-refractivity contribution in [2.24, 2.45) is 7.05 Å². The van der Waals surface area contributed by atoms with Crippen LogP contribution in [0.1, 0.15) is 21.6 Å². The number of nitrogens with zero attached hydrogens (tertiary/aromatic N) is 3. The second-order valence-electron chi connectivity index (χ2n) is 4.40. The van der Waals surface area contributed by atoms with Crippen molar-refractivity contribution in [3.8, 4) is 0 Å². The molecular weight excluding hydrogens is 272 g/mol. The average molecular weight is 286 g/mol. The number of amides is 1. The predicted octanol–water partition coefficient (Wildman–Crippen LogP) is 1.47. The maximum atomic E-state index is 12.1. The van der Waals surface area contributed by atoms with E-state index in [4.69, 9.17) is 5.11 Å². The molecule has 2 aromatic rings. The number of pyridine rings is 1. The zero-order valence-corrected chi connectivity index (χ0v) is 11.6. The largest absolute Gasteiger partial charge is 0.478 e. The third-order valence-corrected chi connectivity index (χ3v) is 2.70. The summed E-state index contributed by atoms with van der Waals surface area (Å²) >= 11 is 0. The van der Waals surface area contributed by atoms with Crippen LogP contribution in [0, 0.1) is 6.92 Å². The number of aliphatic carboxylic acids is 1. The van der Waals surface area contributed by atoms with Crippen molar-refractivity contribution in [1.82, 2.24) is 14.8 Å². The number of carbonyl (C=O) groups excluding carboxylic acids is 1. The third kappa shape index (κ3) is 3.75. The highest BCUT2D eigenvalue weighted by Crippen LogP contribution is 2.12. The zero-order valence-electron chi connectivity index (χ0n) is 11.6. The second-order valence-corrected chi connectivity index (χ2v) is 4.40. The van der Waals surface area contributed by atoms with Crippen LogP contribution in [0.4, 0.5) is 5.82 Å². The Morgan fingerprint density at radius 3 is 2.81 bits per heavy atom. The highest BCUT2D eigenvalue weighted by atomic mass is 16.4. The molecule has 0 bridgehead atoms. The fraction of sp³-hybridized carbons (Fsp3) is 0.143. The van der Waals surface area contributed by atoms with Gasteiger partial charge in [-0.15, -0.1) is 0 Å². The van der Waals surface area contributed by atoms with Gasteiger partial charge in [0.2, 0.25) is 0 Å². The van der Waals surface area contributed by atoms with Gasteiger partial charge in [-0.05, 0) is 30.7 Å². The lowest BCUT2D eigenvalue weighted by Crippen LogP contribution is -2.13. The van der Waals surface area contributed by atoms with E-state index in [-0.39, 0.29) is 5.91 Å². The molecule has 7 heteroatoms. The number of hydrogen-bond donors (Lipinski definition) is 2. The maximum Gasteiger partial charge on any atom is 0.328 e. The maximum absolute atomic E-state index is 12.1. The molecule has 108 valence electrons. The van der Waals surface area contributed by atoms with Gasteiger partial charge in [0.15, 0.2) is 0 Å². The number of carbonyl (C=O) groups is 2. The Morgan fingerprint density at radius 2 is 2.19 bits per heavy atom. The quantitative estimate of drug-likeness (QED) is 0.830. The van der Waals surface area contributed by atoms with Crippen molar-refractivity contribution in [2.75, 3.05) is 5.32 Å². The molecule has 0 atom stereocenters. The molecule has 0 aliphatic rings. The molecule has 1 amide bonds. The summed E-state index contributed by atoms with van der Waals surface area (Å²) < 4.78 is 1.56. The van der Waals surface area contributed by atoms with Gasteiger partial charge in [0, 0.05) is 25.5 Å². The smallest absolute Gasteiger partial charge is 0.328 e. The molecule has 0 aliphatic heterocycles. The van der Waals surface area contributed by atoms with E-state index in [0.717, 1.165) is 6.08 Å². The van der Waals surface area contributed by atoms with Crippen LogP contribution in [0.3, 0.4) is 0 Å². The van der Waals surface area contributed by atoms with Crippen LogP contribution in [-0.4, -0.2) is 31.7 Å². The summed E-state index contributed by atoms with van der Waals surface area (Å²) in [4.78, 5) is 26.6. The molecule has 2 heterocycles. The van der Waals surface area contributed by atoms with Gasteiger partial charge in [0.05, 0.1) is 11.3 Å². The molecule has 0 unspecified atom stereocenters. The molecule has 0 fully saturated rings. The molecule has 0 radical (unpaired) electrons. The highest BCUT2D eigenvalue weighted by molar-refractivity contribution is 6.04. The number of aromatic nitrogens is 3. The zero-order chi connectivity index (χ0) is 15.4. The molecule has 2 rings (SSSR count). The number of anilines is 1. The average Bonchev–Trinajstić information content (AvgIpc) is 2.76. The molecule has 0 saturated carbocycles. The van der Waals surface area contributed by atoms with Crippen LogP contribution in [0.15, 0.2) is 30.6 Å². The van der Waals surface area contributed by atoms with Gasteiger partial charge in [-0.3, -0.25) is 9.48 Å². The van der Waals surface area contributed by atoms with Crippen molar-refractivity contribution in [3.63, 3.8) is 0 Å². The van der Waals surface area contributed by atoms with Gasteiger partial charge in [-0.1, -0.05) is 0 Å². The molecule has 0 aliphatic carbocycles. The molecule has 7 nitrogen and oxygen atoms in total. The van der Waals surface area contributed by atoms with E-state index in [1.807, 2.05) is 0 Å². The fourth-order valence-electron chi connectivity index (χ4n) is 1.79. The Morgan fingerprint density at radius 1 is 1.43 bits per heavy atom. The van der Waals surface area contributed by atoms with Crippen molar-refractivity contribution in [1.29, 1.82) is 0 Å². The Hall–Kier alpha value is -2.96. The van der Waals surface area contributed by atoms with E-state index >= 15 is 0 Å².